The molecular formula is C14H20F2N2S. The van der Waals surface area contributed by atoms with Crippen LogP contribution in [0.25, 0.3) is 0 Å². The van der Waals surface area contributed by atoms with Gasteiger partial charge in [-0.3, -0.25) is 0 Å². The number of nitrogen functional groups attached to an aromatic ring is 1. The van der Waals surface area contributed by atoms with Gasteiger partial charge in [-0.05, 0) is 43.7 Å². The summed E-state index contributed by atoms with van der Waals surface area (Å²) in [6, 6.07) is 4.98. The van der Waals surface area contributed by atoms with Crippen molar-refractivity contribution >= 4 is 23.1 Å². The molecule has 2 nitrogen and oxygen atoms in total. The van der Waals surface area contributed by atoms with Crippen LogP contribution in [0.5, 0.6) is 0 Å². The monoisotopic (exact) mass is 286 g/mol. The van der Waals surface area contributed by atoms with Crippen LogP contribution in [0.15, 0.2) is 18.2 Å². The number of anilines is 2. The lowest BCUT2D eigenvalue weighted by Crippen LogP contribution is -2.28. The lowest BCUT2D eigenvalue weighted by atomic mass is 9.94. The van der Waals surface area contributed by atoms with Crippen LogP contribution in [0.1, 0.15) is 37.7 Å². The van der Waals surface area contributed by atoms with Crippen molar-refractivity contribution in [2.45, 2.75) is 43.4 Å². The molecule has 3 N–H and O–H groups in total. The summed E-state index contributed by atoms with van der Waals surface area (Å²) in [5, 5.41) is 3.91. The highest BCUT2D eigenvalue weighted by Gasteiger charge is 2.23. The fourth-order valence-corrected chi connectivity index (χ4v) is 3.43. The van der Waals surface area contributed by atoms with Crippen molar-refractivity contribution in [3.8, 4) is 0 Å². The minimum absolute atomic E-state index is 0.00581. The molecule has 0 bridgehead atoms. The number of thioether (sulfide) groups is 1. The van der Waals surface area contributed by atoms with Gasteiger partial charge in [-0.2, -0.15) is 11.8 Å². The van der Waals surface area contributed by atoms with Crippen LogP contribution in [0.4, 0.5) is 20.2 Å². The third-order valence-electron chi connectivity index (χ3n) is 3.63. The predicted molar refractivity (Wildman–Crippen MR) is 79.0 cm³/mol. The van der Waals surface area contributed by atoms with Crippen LogP contribution >= 0.6 is 11.8 Å². The molecule has 1 aliphatic carbocycles. The first-order valence-electron chi connectivity index (χ1n) is 6.57. The van der Waals surface area contributed by atoms with Gasteiger partial charge in [0.05, 0.1) is 0 Å². The van der Waals surface area contributed by atoms with Gasteiger partial charge in [-0.1, -0.05) is 6.42 Å². The highest BCUT2D eigenvalue weighted by atomic mass is 32.2. The van der Waals surface area contributed by atoms with Crippen LogP contribution in [0, 0.1) is 0 Å². The van der Waals surface area contributed by atoms with Gasteiger partial charge in [-0.15, -0.1) is 0 Å². The summed E-state index contributed by atoms with van der Waals surface area (Å²) in [5.41, 5.74) is 6.49. The van der Waals surface area contributed by atoms with Crippen molar-refractivity contribution in [2.24, 2.45) is 0 Å². The normalized spacial score (nSPS) is 23.6. The van der Waals surface area contributed by atoms with Gasteiger partial charge in [0.1, 0.15) is 0 Å². The summed E-state index contributed by atoms with van der Waals surface area (Å²) < 4.78 is 26.0. The topological polar surface area (TPSA) is 38.0 Å². The maximum absolute atomic E-state index is 13.0. The van der Waals surface area contributed by atoms with E-state index in [1.54, 1.807) is 12.1 Å². The SMILES string of the molecule is CSC1CCCC(Nc2ccc(N)cc2C(F)F)C1. The summed E-state index contributed by atoms with van der Waals surface area (Å²) >= 11 is 1.86. The number of hydrogen-bond acceptors (Lipinski definition) is 3. The van der Waals surface area contributed by atoms with Crippen molar-refractivity contribution < 1.29 is 8.78 Å². The average Bonchev–Trinajstić information content (AvgIpc) is 2.41. The molecule has 5 heteroatoms. The van der Waals surface area contributed by atoms with Gasteiger partial charge >= 0.3 is 0 Å². The minimum atomic E-state index is -2.49. The van der Waals surface area contributed by atoms with Gasteiger partial charge in [0, 0.05) is 28.2 Å². The number of benzene rings is 1. The first kappa shape index (κ1) is 14.4. The predicted octanol–water partition coefficient (Wildman–Crippen LogP) is 4.29. The molecule has 2 unspecified atom stereocenters. The Balaban J connectivity index is 2.10. The van der Waals surface area contributed by atoms with E-state index >= 15 is 0 Å². The first-order chi connectivity index (χ1) is 9.10. The number of hydrogen-bond donors (Lipinski definition) is 2. The summed E-state index contributed by atoms with van der Waals surface area (Å²) in [6.07, 6.45) is 4.08. The molecule has 0 aliphatic heterocycles. The van der Waals surface area contributed by atoms with Gasteiger partial charge in [0.2, 0.25) is 0 Å². The van der Waals surface area contributed by atoms with Crippen LogP contribution in [-0.2, 0) is 0 Å². The maximum Gasteiger partial charge on any atom is 0.265 e. The molecule has 1 fully saturated rings. The van der Waals surface area contributed by atoms with E-state index in [4.69, 9.17) is 5.73 Å². The Morgan fingerprint density at radius 3 is 2.84 bits per heavy atom. The second kappa shape index (κ2) is 6.46. The zero-order chi connectivity index (χ0) is 13.8. The van der Waals surface area contributed by atoms with E-state index in [1.807, 2.05) is 11.8 Å². The molecule has 1 aliphatic rings. The molecule has 0 radical (unpaired) electrons. The summed E-state index contributed by atoms with van der Waals surface area (Å²) in [4.78, 5) is 0. The first-order valence-corrected chi connectivity index (χ1v) is 7.86. The maximum atomic E-state index is 13.0. The van der Waals surface area contributed by atoms with Gasteiger partial charge in [-0.25, -0.2) is 8.78 Å². The second-order valence-corrected chi connectivity index (χ2v) is 6.15. The fraction of sp³-hybridized carbons (Fsp3) is 0.571. The highest BCUT2D eigenvalue weighted by molar-refractivity contribution is 7.99. The highest BCUT2D eigenvalue weighted by Crippen LogP contribution is 2.33. The van der Waals surface area contributed by atoms with E-state index in [0.717, 1.165) is 19.3 Å². The van der Waals surface area contributed by atoms with Crippen molar-refractivity contribution in [3.63, 3.8) is 0 Å². The molecule has 106 valence electrons. The van der Waals surface area contributed by atoms with Crippen molar-refractivity contribution in [3.05, 3.63) is 23.8 Å². The summed E-state index contributed by atoms with van der Waals surface area (Å²) in [5.74, 6) is 0. The Labute approximate surface area is 117 Å². The standard InChI is InChI=1S/C14H20F2N2S/c1-19-11-4-2-3-10(8-11)18-13-6-5-9(17)7-12(13)14(15)16/h5-7,10-11,14,18H,2-4,8,17H2,1H3. The number of rotatable bonds is 4. The van der Waals surface area contributed by atoms with E-state index in [1.165, 1.54) is 12.5 Å². The summed E-state index contributed by atoms with van der Waals surface area (Å²) in [7, 11) is 0. The Hall–Kier alpha value is -0.970. The number of nitrogens with two attached hydrogens (primary N) is 1. The van der Waals surface area contributed by atoms with E-state index in [9.17, 15) is 8.78 Å². The largest absolute Gasteiger partial charge is 0.399 e. The zero-order valence-electron chi connectivity index (χ0n) is 11.0. The molecule has 2 rings (SSSR count). The van der Waals surface area contributed by atoms with Crippen LogP contribution < -0.4 is 11.1 Å². The quantitative estimate of drug-likeness (QED) is 0.811. The second-order valence-electron chi connectivity index (χ2n) is 5.01. The Morgan fingerprint density at radius 1 is 1.37 bits per heavy atom. The molecule has 0 amide bonds. The minimum Gasteiger partial charge on any atom is -0.399 e. The lowest BCUT2D eigenvalue weighted by molar-refractivity contribution is 0.152. The summed E-state index contributed by atoms with van der Waals surface area (Å²) in [6.45, 7) is 0. The number of halogens is 2. The third-order valence-corrected chi connectivity index (χ3v) is 4.72. The van der Waals surface area contributed by atoms with E-state index < -0.39 is 6.43 Å². The molecular weight excluding hydrogens is 266 g/mol. The average molecular weight is 286 g/mol. The zero-order valence-corrected chi connectivity index (χ0v) is 11.9. The van der Waals surface area contributed by atoms with Crippen LogP contribution in [0.2, 0.25) is 0 Å². The van der Waals surface area contributed by atoms with Gasteiger partial charge in [0.15, 0.2) is 0 Å². The Morgan fingerprint density at radius 2 is 2.16 bits per heavy atom. The molecule has 0 saturated heterocycles. The Bertz CT molecular complexity index is 426. The molecule has 1 aromatic rings. The van der Waals surface area contributed by atoms with Crippen molar-refractivity contribution in [1.29, 1.82) is 0 Å². The van der Waals surface area contributed by atoms with Crippen molar-refractivity contribution in [2.75, 3.05) is 17.3 Å². The van der Waals surface area contributed by atoms with Crippen LogP contribution in [-0.4, -0.2) is 17.5 Å². The number of nitrogens with one attached hydrogen (secondary N) is 1. The molecule has 1 saturated carbocycles. The Kier molecular flexibility index (Phi) is 4.91. The third kappa shape index (κ3) is 3.75. The van der Waals surface area contributed by atoms with E-state index in [-0.39, 0.29) is 11.6 Å². The smallest absolute Gasteiger partial charge is 0.265 e. The molecule has 19 heavy (non-hydrogen) atoms. The fourth-order valence-electron chi connectivity index (χ4n) is 2.60. The molecule has 0 heterocycles. The van der Waals surface area contributed by atoms with Crippen LogP contribution in [0.3, 0.4) is 0 Å². The van der Waals surface area contributed by atoms with Crippen molar-refractivity contribution in [1.82, 2.24) is 0 Å². The number of alkyl halides is 2. The molecule has 2 atom stereocenters. The van der Waals surface area contributed by atoms with E-state index in [2.05, 4.69) is 11.6 Å². The molecule has 0 spiro atoms. The van der Waals surface area contributed by atoms with Gasteiger partial charge in [0.25, 0.3) is 6.43 Å². The lowest BCUT2D eigenvalue weighted by Gasteiger charge is -2.30. The molecule has 0 aromatic heterocycles. The van der Waals surface area contributed by atoms with Gasteiger partial charge < -0.3 is 11.1 Å². The van der Waals surface area contributed by atoms with E-state index in [0.29, 0.717) is 16.6 Å². The molecule has 1 aromatic carbocycles.